The van der Waals surface area contributed by atoms with Gasteiger partial charge in [-0.15, -0.1) is 0 Å². The van der Waals surface area contributed by atoms with Gasteiger partial charge in [-0.3, -0.25) is 4.79 Å². The number of hydrogen-bond acceptors (Lipinski definition) is 5. The van der Waals surface area contributed by atoms with Gasteiger partial charge in [0.1, 0.15) is 5.69 Å². The summed E-state index contributed by atoms with van der Waals surface area (Å²) in [5.41, 5.74) is 3.61. The van der Waals surface area contributed by atoms with Gasteiger partial charge in [0.05, 0.1) is 17.1 Å². The molecule has 27 heavy (non-hydrogen) atoms. The smallest absolute Gasteiger partial charge is 0.449 e. The third-order valence-corrected chi connectivity index (χ3v) is 4.92. The molecular formula is C17H16F3N3O4. The molecule has 1 atom stereocenters. The molecule has 4 rings (SSSR count). The van der Waals surface area contributed by atoms with Crippen molar-refractivity contribution < 1.29 is 27.8 Å². The van der Waals surface area contributed by atoms with E-state index < -0.39 is 51.4 Å². The molecule has 0 unspecified atom stereocenters. The maximum absolute atomic E-state index is 15.3. The molecule has 0 spiro atoms. The minimum atomic E-state index is -1.78. The third kappa shape index (κ3) is 2.80. The Kier molecular flexibility index (Phi) is 4.02. The van der Waals surface area contributed by atoms with Crippen LogP contribution in [0.5, 0.6) is 5.75 Å². The van der Waals surface area contributed by atoms with Crippen LogP contribution in [0.15, 0.2) is 11.0 Å². The predicted octanol–water partition coefficient (Wildman–Crippen LogP) is 2.35. The lowest BCUT2D eigenvalue weighted by atomic mass is 10.1. The summed E-state index contributed by atoms with van der Waals surface area (Å²) in [4.78, 5) is 24.6. The maximum atomic E-state index is 15.3. The predicted molar refractivity (Wildman–Crippen MR) is 89.8 cm³/mol. The van der Waals surface area contributed by atoms with E-state index in [4.69, 9.17) is 10.8 Å². The Morgan fingerprint density at radius 1 is 1.19 bits per heavy atom. The van der Waals surface area contributed by atoms with E-state index in [-0.39, 0.29) is 25.2 Å². The molecule has 0 bridgehead atoms. The number of carbonyl (C=O) groups is 1. The minimum Gasteiger partial charge on any atom is -0.449 e. The fourth-order valence-corrected chi connectivity index (χ4v) is 3.53. The molecule has 3 N–H and O–H groups in total. The summed E-state index contributed by atoms with van der Waals surface area (Å²) in [5.74, 6) is -4.79. The lowest BCUT2D eigenvalue weighted by molar-refractivity contribution is 0.143. The van der Waals surface area contributed by atoms with Gasteiger partial charge >= 0.3 is 6.16 Å². The largest absolute Gasteiger partial charge is 0.511 e. The molecule has 1 saturated carbocycles. The van der Waals surface area contributed by atoms with Crippen molar-refractivity contribution in [3.63, 3.8) is 0 Å². The fraction of sp³-hybridized carbons (Fsp3) is 0.412. The number of fused-ring (bicyclic) bond motifs is 1. The van der Waals surface area contributed by atoms with Gasteiger partial charge in [0.15, 0.2) is 23.2 Å². The van der Waals surface area contributed by atoms with Crippen molar-refractivity contribution in [1.29, 1.82) is 0 Å². The minimum absolute atomic E-state index is 0.159. The Morgan fingerprint density at radius 2 is 1.89 bits per heavy atom. The van der Waals surface area contributed by atoms with Crippen LogP contribution in [0.4, 0.5) is 23.7 Å². The number of anilines is 1. The molecular weight excluding hydrogens is 367 g/mol. The Morgan fingerprint density at radius 3 is 2.44 bits per heavy atom. The zero-order valence-corrected chi connectivity index (χ0v) is 14.0. The number of benzene rings is 1. The lowest BCUT2D eigenvalue weighted by Crippen LogP contribution is -2.28. The first-order valence-corrected chi connectivity index (χ1v) is 8.46. The van der Waals surface area contributed by atoms with Crippen molar-refractivity contribution in [2.24, 2.45) is 5.73 Å². The molecule has 2 fully saturated rings. The Balaban J connectivity index is 2.04. The van der Waals surface area contributed by atoms with Crippen LogP contribution in [-0.4, -0.2) is 35.0 Å². The van der Waals surface area contributed by atoms with E-state index in [0.717, 1.165) is 6.20 Å². The second-order valence-electron chi connectivity index (χ2n) is 6.84. The monoisotopic (exact) mass is 383 g/mol. The summed E-state index contributed by atoms with van der Waals surface area (Å²) in [7, 11) is 0. The van der Waals surface area contributed by atoms with Crippen molar-refractivity contribution in [1.82, 2.24) is 4.57 Å². The summed E-state index contributed by atoms with van der Waals surface area (Å²) in [6.45, 7) is 0.417. The molecule has 1 aromatic heterocycles. The van der Waals surface area contributed by atoms with Gasteiger partial charge in [-0.1, -0.05) is 0 Å². The zero-order chi connectivity index (χ0) is 19.5. The highest BCUT2D eigenvalue weighted by Crippen LogP contribution is 2.41. The highest BCUT2D eigenvalue weighted by molar-refractivity contribution is 5.86. The highest BCUT2D eigenvalue weighted by Gasteiger charge is 2.34. The lowest BCUT2D eigenvalue weighted by Gasteiger charge is -2.22. The SMILES string of the molecule is N[C@H]1CCN(c2c(F)c(F)c3c(=O)c(OC(=O)O)cn(C4CC4)c3c2F)C1. The molecule has 10 heteroatoms. The summed E-state index contributed by atoms with van der Waals surface area (Å²) in [6.07, 6.45) is 1.02. The number of nitrogens with two attached hydrogens (primary N) is 1. The molecule has 1 aliphatic carbocycles. The van der Waals surface area contributed by atoms with Crippen LogP contribution in [0.2, 0.25) is 0 Å². The van der Waals surface area contributed by atoms with E-state index in [2.05, 4.69) is 4.74 Å². The molecule has 1 saturated heterocycles. The average molecular weight is 383 g/mol. The maximum Gasteiger partial charge on any atom is 0.511 e. The number of nitrogens with zero attached hydrogens (tertiary/aromatic N) is 2. The van der Waals surface area contributed by atoms with Gasteiger partial charge in [0.25, 0.3) is 0 Å². The second-order valence-corrected chi connectivity index (χ2v) is 6.84. The van der Waals surface area contributed by atoms with Gasteiger partial charge < -0.3 is 25.0 Å². The normalized spacial score (nSPS) is 19.7. The summed E-state index contributed by atoms with van der Waals surface area (Å²) < 4.78 is 50.5. The zero-order valence-electron chi connectivity index (χ0n) is 14.0. The van der Waals surface area contributed by atoms with Crippen LogP contribution in [0.3, 0.4) is 0 Å². The van der Waals surface area contributed by atoms with Gasteiger partial charge in [-0.05, 0) is 19.3 Å². The van der Waals surface area contributed by atoms with Gasteiger partial charge in [-0.25, -0.2) is 18.0 Å². The molecule has 7 nitrogen and oxygen atoms in total. The molecule has 1 aliphatic heterocycles. The molecule has 0 amide bonds. The number of pyridine rings is 1. The van der Waals surface area contributed by atoms with Crippen molar-refractivity contribution in [2.75, 3.05) is 18.0 Å². The van der Waals surface area contributed by atoms with E-state index >= 15 is 4.39 Å². The molecule has 2 heterocycles. The van der Waals surface area contributed by atoms with Crippen molar-refractivity contribution in [3.8, 4) is 5.75 Å². The topological polar surface area (TPSA) is 97.8 Å². The molecule has 1 aromatic carbocycles. The van der Waals surface area contributed by atoms with Gasteiger partial charge in [0, 0.05) is 25.2 Å². The van der Waals surface area contributed by atoms with Crippen molar-refractivity contribution >= 4 is 22.7 Å². The van der Waals surface area contributed by atoms with E-state index in [0.29, 0.717) is 19.3 Å². The van der Waals surface area contributed by atoms with Crippen LogP contribution >= 0.6 is 0 Å². The summed E-state index contributed by atoms with van der Waals surface area (Å²) in [5, 5.41) is 7.91. The quantitative estimate of drug-likeness (QED) is 0.624. The molecule has 144 valence electrons. The van der Waals surface area contributed by atoms with Crippen molar-refractivity contribution in [3.05, 3.63) is 33.9 Å². The molecule has 2 aromatic rings. The fourth-order valence-electron chi connectivity index (χ4n) is 3.53. The second kappa shape index (κ2) is 6.15. The highest BCUT2D eigenvalue weighted by atomic mass is 19.2. The van der Waals surface area contributed by atoms with Crippen LogP contribution in [0.25, 0.3) is 10.9 Å². The van der Waals surface area contributed by atoms with Gasteiger partial charge in [0.2, 0.25) is 5.43 Å². The number of rotatable bonds is 3. The van der Waals surface area contributed by atoms with Crippen molar-refractivity contribution in [2.45, 2.75) is 31.3 Å². The van der Waals surface area contributed by atoms with Crippen LogP contribution in [-0.2, 0) is 0 Å². The number of carboxylic acid groups (broad SMARTS) is 1. The molecule has 0 radical (unpaired) electrons. The third-order valence-electron chi connectivity index (χ3n) is 4.92. The summed E-state index contributed by atoms with van der Waals surface area (Å²) in [6, 6.07) is -0.545. The summed E-state index contributed by atoms with van der Waals surface area (Å²) >= 11 is 0. The average Bonchev–Trinajstić information content (AvgIpc) is 3.36. The number of aromatic nitrogens is 1. The number of ether oxygens (including phenoxy) is 1. The van der Waals surface area contributed by atoms with E-state index in [1.54, 1.807) is 0 Å². The van der Waals surface area contributed by atoms with Crippen LogP contribution < -0.4 is 20.8 Å². The standard InChI is InChI=1S/C17H16F3N3O4/c18-11-10-14(13(20)15(12(11)19)22-4-3-7(21)5-22)23(8-1-2-8)6-9(16(10)24)27-17(25)26/h6-8H,1-5,21H2,(H,25,26)/t7-/m0/s1. The van der Waals surface area contributed by atoms with E-state index in [1.165, 1.54) is 9.47 Å². The van der Waals surface area contributed by atoms with E-state index in [1.807, 2.05) is 0 Å². The number of hydrogen-bond donors (Lipinski definition) is 2. The Bertz CT molecular complexity index is 1020. The number of halogens is 3. The first-order valence-electron chi connectivity index (χ1n) is 8.46. The first-order chi connectivity index (χ1) is 12.8. The molecule has 2 aliphatic rings. The van der Waals surface area contributed by atoms with Crippen LogP contribution in [0, 0.1) is 17.5 Å². The Labute approximate surface area is 150 Å². The van der Waals surface area contributed by atoms with Gasteiger partial charge in [-0.2, -0.15) is 0 Å². The Hall–Kier alpha value is -2.75. The van der Waals surface area contributed by atoms with Crippen LogP contribution in [0.1, 0.15) is 25.3 Å². The van der Waals surface area contributed by atoms with E-state index in [9.17, 15) is 18.4 Å². The first kappa shape index (κ1) is 17.7.